The number of nitrogens with zero attached hydrogens (tertiary/aromatic N) is 1. The van der Waals surface area contributed by atoms with Crippen molar-refractivity contribution in [1.82, 2.24) is 0 Å². The van der Waals surface area contributed by atoms with Gasteiger partial charge in [0.25, 0.3) is 0 Å². The first-order chi connectivity index (χ1) is 33.1. The third-order valence-electron chi connectivity index (χ3n) is 12.3. The fourth-order valence-electron chi connectivity index (χ4n) is 7.99. The summed E-state index contributed by atoms with van der Waals surface area (Å²) in [7, 11) is 5.52. The summed E-state index contributed by atoms with van der Waals surface area (Å²) in [6.45, 7) is 4.68. The normalized spacial score (nSPS) is 13.4. The van der Waals surface area contributed by atoms with Crippen molar-refractivity contribution in [3.8, 4) is 0 Å². The SMILES string of the molecule is CCCCC/C=C/C/C=C/C/C=C/C/C=C/C/C=C/CCCCC(=O)OC(COCCC(C(=O)O)[N+](C)(C)C)COC(=O)CCCCCCCCC/C=C/CCCCCCCCCCCCCC. The van der Waals surface area contributed by atoms with E-state index in [1.54, 1.807) is 0 Å². The van der Waals surface area contributed by atoms with Gasteiger partial charge >= 0.3 is 17.9 Å². The largest absolute Gasteiger partial charge is 0.477 e. The number of rotatable bonds is 50. The second-order valence-corrected chi connectivity index (χ2v) is 19.8. The molecule has 0 aromatic heterocycles. The van der Waals surface area contributed by atoms with Crippen LogP contribution < -0.4 is 0 Å². The molecule has 68 heavy (non-hydrogen) atoms. The number of aliphatic carboxylic acids is 1. The van der Waals surface area contributed by atoms with E-state index in [9.17, 15) is 19.5 Å². The average Bonchev–Trinajstić information content (AvgIpc) is 3.30. The third-order valence-corrected chi connectivity index (χ3v) is 12.3. The monoisotopic (exact) mass is 953 g/mol. The van der Waals surface area contributed by atoms with Crippen LogP contribution in [0.2, 0.25) is 0 Å². The molecule has 0 radical (unpaired) electrons. The van der Waals surface area contributed by atoms with Gasteiger partial charge in [-0.3, -0.25) is 9.59 Å². The number of carboxylic acid groups (broad SMARTS) is 1. The zero-order chi connectivity index (χ0) is 49.9. The van der Waals surface area contributed by atoms with Gasteiger partial charge in [-0.05, 0) is 89.9 Å². The smallest absolute Gasteiger partial charge is 0.362 e. The van der Waals surface area contributed by atoms with Crippen molar-refractivity contribution in [2.24, 2.45) is 0 Å². The molecule has 0 saturated carbocycles. The van der Waals surface area contributed by atoms with E-state index in [1.807, 2.05) is 21.1 Å². The Labute approximate surface area is 419 Å². The lowest BCUT2D eigenvalue weighted by atomic mass is 10.0. The Morgan fingerprint density at radius 1 is 0.441 bits per heavy atom. The van der Waals surface area contributed by atoms with Gasteiger partial charge in [-0.25, -0.2) is 4.79 Å². The molecule has 0 saturated heterocycles. The van der Waals surface area contributed by atoms with E-state index >= 15 is 0 Å². The Bertz CT molecular complexity index is 1340. The molecule has 0 spiro atoms. The summed E-state index contributed by atoms with van der Waals surface area (Å²) in [4.78, 5) is 37.2. The van der Waals surface area contributed by atoms with E-state index in [4.69, 9.17) is 14.2 Å². The number of hydrogen-bond acceptors (Lipinski definition) is 6. The first-order valence-corrected chi connectivity index (χ1v) is 28.0. The van der Waals surface area contributed by atoms with E-state index in [-0.39, 0.29) is 42.7 Å². The number of likely N-dealkylation sites (N-methyl/N-ethyl adjacent to an activating group) is 1. The molecule has 2 unspecified atom stereocenters. The highest BCUT2D eigenvalue weighted by Crippen LogP contribution is 2.15. The number of quaternary nitrogens is 1. The Morgan fingerprint density at radius 2 is 0.779 bits per heavy atom. The number of carbonyl (C=O) groups is 3. The summed E-state index contributed by atoms with van der Waals surface area (Å²) in [5, 5.41) is 9.67. The maximum absolute atomic E-state index is 12.8. The minimum Gasteiger partial charge on any atom is -0.477 e. The van der Waals surface area contributed by atoms with Gasteiger partial charge in [-0.2, -0.15) is 0 Å². The standard InChI is InChI=1S/C60H105NO7/c1-6-8-10-12-14-16-18-20-22-24-26-28-29-31-32-34-36-38-40-42-44-46-48-50-58(62)67-55-56(54-66-53-52-57(60(64)65)61(3,4)5)68-59(63)51-49-47-45-43-41-39-37-35-33-30-27-25-23-21-19-17-15-13-11-9-7-2/h15,17,21,23,27,30-32,35,37,41,43,56-57H,6-14,16,18-20,22,24-26,28-29,33-34,36,38-40,42,44-55H2,1-5H3/p+1/b17-15+,23-21+,30-27+,32-31+,37-35+,43-41+. The lowest BCUT2D eigenvalue weighted by molar-refractivity contribution is -0.887. The summed E-state index contributed by atoms with van der Waals surface area (Å²) >= 11 is 0. The maximum Gasteiger partial charge on any atom is 0.362 e. The molecule has 0 aromatic carbocycles. The van der Waals surface area contributed by atoms with E-state index < -0.39 is 18.1 Å². The molecule has 0 rings (SSSR count). The fourth-order valence-corrected chi connectivity index (χ4v) is 7.99. The van der Waals surface area contributed by atoms with Crippen LogP contribution in [0.1, 0.15) is 239 Å². The van der Waals surface area contributed by atoms with Crippen LogP contribution in [-0.2, 0) is 28.6 Å². The van der Waals surface area contributed by atoms with Gasteiger partial charge in [0.2, 0.25) is 0 Å². The van der Waals surface area contributed by atoms with Gasteiger partial charge < -0.3 is 23.8 Å². The van der Waals surface area contributed by atoms with Crippen molar-refractivity contribution < 1.29 is 38.2 Å². The predicted molar refractivity (Wildman–Crippen MR) is 289 cm³/mol. The quantitative estimate of drug-likeness (QED) is 0.0281. The predicted octanol–water partition coefficient (Wildman–Crippen LogP) is 16.6. The van der Waals surface area contributed by atoms with Crippen molar-refractivity contribution in [2.45, 2.75) is 251 Å². The number of esters is 2. The zero-order valence-electron chi connectivity index (χ0n) is 44.8. The van der Waals surface area contributed by atoms with Gasteiger partial charge in [0.1, 0.15) is 6.61 Å². The molecule has 0 aliphatic carbocycles. The van der Waals surface area contributed by atoms with Gasteiger partial charge in [0.05, 0.1) is 34.4 Å². The lowest BCUT2D eigenvalue weighted by Gasteiger charge is -2.31. The van der Waals surface area contributed by atoms with Crippen LogP contribution in [0.3, 0.4) is 0 Å². The number of carbonyl (C=O) groups excluding carboxylic acids is 2. The molecule has 0 bridgehead atoms. The fraction of sp³-hybridized carbons (Fsp3) is 0.750. The number of carboxylic acids is 1. The average molecular weight is 954 g/mol. The highest BCUT2D eigenvalue weighted by atomic mass is 16.6. The Kier molecular flexibility index (Phi) is 47.8. The summed E-state index contributed by atoms with van der Waals surface area (Å²) < 4.78 is 17.3. The van der Waals surface area contributed by atoms with Crippen molar-refractivity contribution in [2.75, 3.05) is 41.0 Å². The first-order valence-electron chi connectivity index (χ1n) is 28.0. The number of ether oxygens (including phenoxy) is 3. The van der Waals surface area contributed by atoms with Crippen LogP contribution in [0, 0.1) is 0 Å². The Balaban J connectivity index is 4.28. The zero-order valence-corrected chi connectivity index (χ0v) is 44.8. The van der Waals surface area contributed by atoms with Gasteiger partial charge in [0, 0.05) is 19.3 Å². The molecule has 0 amide bonds. The molecule has 0 heterocycles. The van der Waals surface area contributed by atoms with Crippen LogP contribution >= 0.6 is 0 Å². The number of hydrogen-bond donors (Lipinski definition) is 1. The molecule has 1 N–H and O–H groups in total. The molecular formula is C60H106NO7+. The minimum absolute atomic E-state index is 0.0396. The molecule has 0 aromatic rings. The van der Waals surface area contributed by atoms with Gasteiger partial charge in [-0.15, -0.1) is 0 Å². The van der Waals surface area contributed by atoms with Gasteiger partial charge in [0.15, 0.2) is 12.1 Å². The topological polar surface area (TPSA) is 99.1 Å². The van der Waals surface area contributed by atoms with Gasteiger partial charge in [-0.1, -0.05) is 202 Å². The van der Waals surface area contributed by atoms with Crippen LogP contribution in [0.15, 0.2) is 72.9 Å². The van der Waals surface area contributed by atoms with Crippen LogP contribution in [0.25, 0.3) is 0 Å². The summed E-state index contributed by atoms with van der Waals surface area (Å²) in [6, 6.07) is -0.628. The molecule has 8 heteroatoms. The molecule has 8 nitrogen and oxygen atoms in total. The van der Waals surface area contributed by atoms with E-state index in [0.717, 1.165) is 57.8 Å². The second kappa shape index (κ2) is 50.2. The van der Waals surface area contributed by atoms with E-state index in [0.29, 0.717) is 19.3 Å². The van der Waals surface area contributed by atoms with Crippen molar-refractivity contribution in [3.63, 3.8) is 0 Å². The molecule has 0 fully saturated rings. The van der Waals surface area contributed by atoms with E-state index in [2.05, 4.69) is 86.8 Å². The molecule has 2 atom stereocenters. The molecule has 0 aliphatic heterocycles. The Hall–Kier alpha value is -3.23. The molecule has 392 valence electrons. The highest BCUT2D eigenvalue weighted by Gasteiger charge is 2.31. The van der Waals surface area contributed by atoms with Crippen LogP contribution in [0.5, 0.6) is 0 Å². The summed E-state index contributed by atoms with van der Waals surface area (Å²) in [5.41, 5.74) is 0. The minimum atomic E-state index is -0.883. The molecule has 0 aliphatic rings. The number of allylic oxidation sites excluding steroid dienone is 12. The third kappa shape index (κ3) is 47.8. The van der Waals surface area contributed by atoms with Crippen molar-refractivity contribution >= 4 is 17.9 Å². The second-order valence-electron chi connectivity index (χ2n) is 19.8. The summed E-state index contributed by atoms with van der Waals surface area (Å²) in [5.74, 6) is -1.53. The first kappa shape index (κ1) is 64.8. The molecular weight excluding hydrogens is 847 g/mol. The highest BCUT2D eigenvalue weighted by molar-refractivity contribution is 5.72. The number of unbranched alkanes of at least 4 members (excludes halogenated alkanes) is 24. The lowest BCUT2D eigenvalue weighted by Crippen LogP contribution is -2.50. The van der Waals surface area contributed by atoms with Crippen molar-refractivity contribution in [3.05, 3.63) is 72.9 Å². The summed E-state index contributed by atoms with van der Waals surface area (Å²) in [6.07, 6.45) is 65.4. The van der Waals surface area contributed by atoms with E-state index in [1.165, 1.54) is 141 Å². The van der Waals surface area contributed by atoms with Crippen LogP contribution in [0.4, 0.5) is 0 Å². The maximum atomic E-state index is 12.8. The van der Waals surface area contributed by atoms with Crippen LogP contribution in [-0.4, -0.2) is 80.6 Å². The van der Waals surface area contributed by atoms with Crippen molar-refractivity contribution in [1.29, 1.82) is 0 Å². The Morgan fingerprint density at radius 3 is 1.22 bits per heavy atom.